The molecule has 0 amide bonds. The van der Waals surface area contributed by atoms with Gasteiger partial charge in [0.05, 0.1) is 5.69 Å². The van der Waals surface area contributed by atoms with Crippen LogP contribution in [0.25, 0.3) is 78.8 Å². The third-order valence-electron chi connectivity index (χ3n) is 8.46. The van der Waals surface area contributed by atoms with Gasteiger partial charge in [-0.15, -0.1) is 0 Å². The summed E-state index contributed by atoms with van der Waals surface area (Å²) in [6, 6.07) is 60.5. The van der Waals surface area contributed by atoms with Crippen molar-refractivity contribution in [1.82, 2.24) is 19.9 Å². The molecule has 0 N–H and O–H groups in total. The third-order valence-corrected chi connectivity index (χ3v) is 8.46. The normalized spacial score (nSPS) is 10.9. The van der Waals surface area contributed by atoms with Crippen LogP contribution in [0.3, 0.4) is 0 Å². The van der Waals surface area contributed by atoms with Gasteiger partial charge >= 0.3 is 0 Å². The van der Waals surface area contributed by atoms with E-state index in [0.717, 1.165) is 50.2 Å². The highest BCUT2D eigenvalue weighted by atomic mass is 15.0. The van der Waals surface area contributed by atoms with Crippen LogP contribution in [0.5, 0.6) is 0 Å². The molecule has 2 heterocycles. The van der Waals surface area contributed by atoms with Gasteiger partial charge in [0.15, 0.2) is 17.5 Å². The Labute approximate surface area is 280 Å². The molecule has 0 bridgehead atoms. The lowest BCUT2D eigenvalue weighted by atomic mass is 10.0. The first kappa shape index (κ1) is 28.9. The minimum absolute atomic E-state index is 0.631. The predicted octanol–water partition coefficient (Wildman–Crippen LogP) is 10.9. The first-order chi connectivity index (χ1) is 23.8. The molecule has 0 aliphatic heterocycles. The fraction of sp³-hybridized carbons (Fsp3) is 0. The van der Waals surface area contributed by atoms with E-state index in [1.807, 2.05) is 36.5 Å². The second kappa shape index (κ2) is 13.1. The zero-order valence-electron chi connectivity index (χ0n) is 26.1. The van der Waals surface area contributed by atoms with E-state index in [9.17, 15) is 0 Å². The van der Waals surface area contributed by atoms with Gasteiger partial charge in [0.25, 0.3) is 0 Å². The molecule has 0 aliphatic carbocycles. The van der Waals surface area contributed by atoms with E-state index in [1.54, 1.807) is 0 Å². The Kier molecular flexibility index (Phi) is 7.87. The number of rotatable bonds is 7. The van der Waals surface area contributed by atoms with Gasteiger partial charge in [-0.3, -0.25) is 4.98 Å². The molecule has 0 saturated carbocycles. The van der Waals surface area contributed by atoms with Gasteiger partial charge in [-0.2, -0.15) is 0 Å². The van der Waals surface area contributed by atoms with Crippen molar-refractivity contribution in [3.8, 4) is 78.8 Å². The summed E-state index contributed by atoms with van der Waals surface area (Å²) in [7, 11) is 0. The molecule has 2 aromatic heterocycles. The van der Waals surface area contributed by atoms with Crippen molar-refractivity contribution >= 4 is 0 Å². The predicted molar refractivity (Wildman–Crippen MR) is 196 cm³/mol. The van der Waals surface area contributed by atoms with Crippen LogP contribution in [0, 0.1) is 0 Å². The Morgan fingerprint density at radius 3 is 0.854 bits per heavy atom. The minimum Gasteiger partial charge on any atom is -0.256 e. The monoisotopic (exact) mass is 614 g/mol. The summed E-state index contributed by atoms with van der Waals surface area (Å²) in [5.74, 6) is 1.90. The Bertz CT molecular complexity index is 2170. The van der Waals surface area contributed by atoms with E-state index >= 15 is 0 Å². The molecule has 8 aromatic rings. The molecule has 0 radical (unpaired) electrons. The zero-order chi connectivity index (χ0) is 32.1. The number of benzene rings is 6. The zero-order valence-corrected chi connectivity index (χ0v) is 26.1. The van der Waals surface area contributed by atoms with Gasteiger partial charge < -0.3 is 0 Å². The first-order valence-electron chi connectivity index (χ1n) is 16.0. The molecule has 0 atom stereocenters. The molecule has 0 saturated heterocycles. The Balaban J connectivity index is 1.14. The lowest BCUT2D eigenvalue weighted by Crippen LogP contribution is -2.00. The third kappa shape index (κ3) is 6.15. The van der Waals surface area contributed by atoms with E-state index in [2.05, 4.69) is 151 Å². The largest absolute Gasteiger partial charge is 0.256 e. The Morgan fingerprint density at radius 2 is 0.521 bits per heavy atom. The fourth-order valence-electron chi connectivity index (χ4n) is 5.83. The van der Waals surface area contributed by atoms with E-state index in [1.165, 1.54) is 11.1 Å². The summed E-state index contributed by atoms with van der Waals surface area (Å²) in [4.78, 5) is 19.4. The van der Waals surface area contributed by atoms with E-state index in [0.29, 0.717) is 17.5 Å². The number of aromatic nitrogens is 4. The van der Waals surface area contributed by atoms with Crippen molar-refractivity contribution in [2.75, 3.05) is 0 Å². The summed E-state index contributed by atoms with van der Waals surface area (Å²) in [5, 5.41) is 0. The maximum Gasteiger partial charge on any atom is 0.164 e. The van der Waals surface area contributed by atoms with Gasteiger partial charge in [0, 0.05) is 28.5 Å². The average Bonchev–Trinajstić information content (AvgIpc) is 3.19. The average molecular weight is 615 g/mol. The maximum absolute atomic E-state index is 4.99. The van der Waals surface area contributed by atoms with Crippen LogP contribution in [-0.4, -0.2) is 19.9 Å². The standard InChI is InChI=1S/C44H30N4/c1-3-9-31(10-4-1)33-16-24-38(25-17-33)42-46-43(39-26-18-34(19-27-39)32-11-5-2-6-12-32)48-44(47-42)40-28-20-36(21-29-40)35-14-22-37(23-15-35)41-13-7-8-30-45-41/h1-30H. The SMILES string of the molecule is c1ccc(-c2ccc(-c3nc(-c4ccc(-c5ccccc5)cc4)nc(-c4ccc(-c5ccc(-c6ccccn6)cc5)cc4)n3)cc2)cc1. The number of pyridine rings is 1. The van der Waals surface area contributed by atoms with Crippen LogP contribution in [0.2, 0.25) is 0 Å². The van der Waals surface area contributed by atoms with E-state index < -0.39 is 0 Å². The summed E-state index contributed by atoms with van der Waals surface area (Å²) in [6.45, 7) is 0. The number of nitrogens with zero attached hydrogens (tertiary/aromatic N) is 4. The molecular formula is C44H30N4. The van der Waals surface area contributed by atoms with Crippen molar-refractivity contribution in [2.24, 2.45) is 0 Å². The molecule has 226 valence electrons. The molecule has 4 nitrogen and oxygen atoms in total. The highest BCUT2D eigenvalue weighted by molar-refractivity contribution is 5.74. The number of hydrogen-bond acceptors (Lipinski definition) is 4. The molecule has 0 spiro atoms. The lowest BCUT2D eigenvalue weighted by molar-refractivity contribution is 1.07. The van der Waals surface area contributed by atoms with Gasteiger partial charge in [-0.25, -0.2) is 15.0 Å². The van der Waals surface area contributed by atoms with E-state index in [4.69, 9.17) is 15.0 Å². The molecule has 8 rings (SSSR count). The molecule has 48 heavy (non-hydrogen) atoms. The minimum atomic E-state index is 0.631. The quantitative estimate of drug-likeness (QED) is 0.179. The lowest BCUT2D eigenvalue weighted by Gasteiger charge is -2.10. The van der Waals surface area contributed by atoms with Gasteiger partial charge in [0.2, 0.25) is 0 Å². The number of hydrogen-bond donors (Lipinski definition) is 0. The highest BCUT2D eigenvalue weighted by Crippen LogP contribution is 2.30. The maximum atomic E-state index is 4.99. The summed E-state index contributed by atoms with van der Waals surface area (Å²) in [5.41, 5.74) is 11.7. The molecule has 4 heteroatoms. The summed E-state index contributed by atoms with van der Waals surface area (Å²) in [6.07, 6.45) is 1.82. The van der Waals surface area contributed by atoms with Crippen molar-refractivity contribution in [3.05, 3.63) is 182 Å². The van der Waals surface area contributed by atoms with Crippen molar-refractivity contribution in [1.29, 1.82) is 0 Å². The molecular weight excluding hydrogens is 585 g/mol. The van der Waals surface area contributed by atoms with Crippen LogP contribution in [-0.2, 0) is 0 Å². The molecule has 0 aliphatic rings. The summed E-state index contributed by atoms with van der Waals surface area (Å²) < 4.78 is 0. The van der Waals surface area contributed by atoms with Crippen LogP contribution < -0.4 is 0 Å². The highest BCUT2D eigenvalue weighted by Gasteiger charge is 2.13. The fourth-order valence-corrected chi connectivity index (χ4v) is 5.83. The van der Waals surface area contributed by atoms with Crippen LogP contribution in [0.4, 0.5) is 0 Å². The topological polar surface area (TPSA) is 51.6 Å². The van der Waals surface area contributed by atoms with Crippen molar-refractivity contribution in [2.45, 2.75) is 0 Å². The van der Waals surface area contributed by atoms with Crippen molar-refractivity contribution < 1.29 is 0 Å². The molecule has 0 unspecified atom stereocenters. The van der Waals surface area contributed by atoms with Crippen LogP contribution >= 0.6 is 0 Å². The summed E-state index contributed by atoms with van der Waals surface area (Å²) >= 11 is 0. The van der Waals surface area contributed by atoms with Crippen LogP contribution in [0.15, 0.2) is 182 Å². The van der Waals surface area contributed by atoms with Gasteiger partial charge in [-0.05, 0) is 45.5 Å². The first-order valence-corrected chi connectivity index (χ1v) is 16.0. The second-order valence-electron chi connectivity index (χ2n) is 11.6. The van der Waals surface area contributed by atoms with Crippen molar-refractivity contribution in [3.63, 3.8) is 0 Å². The van der Waals surface area contributed by atoms with Gasteiger partial charge in [0.1, 0.15) is 0 Å². The second-order valence-corrected chi connectivity index (χ2v) is 11.6. The molecule has 0 fully saturated rings. The Hall–Kier alpha value is -6.52. The van der Waals surface area contributed by atoms with E-state index in [-0.39, 0.29) is 0 Å². The Morgan fingerprint density at radius 1 is 0.229 bits per heavy atom. The smallest absolute Gasteiger partial charge is 0.164 e. The van der Waals surface area contributed by atoms with Gasteiger partial charge in [-0.1, -0.05) is 164 Å². The molecule has 6 aromatic carbocycles. The van der Waals surface area contributed by atoms with Crippen LogP contribution in [0.1, 0.15) is 0 Å².